The summed E-state index contributed by atoms with van der Waals surface area (Å²) in [5.74, 6) is -1.47. The van der Waals surface area contributed by atoms with Crippen molar-refractivity contribution in [2.75, 3.05) is 0 Å². The van der Waals surface area contributed by atoms with Gasteiger partial charge in [0, 0.05) is 11.6 Å². The van der Waals surface area contributed by atoms with Crippen LogP contribution in [0.2, 0.25) is 0 Å². The smallest absolute Gasteiger partial charge is 0.135 e. The van der Waals surface area contributed by atoms with Crippen LogP contribution in [0.25, 0.3) is 10.9 Å². The quantitative estimate of drug-likeness (QED) is 0.774. The summed E-state index contributed by atoms with van der Waals surface area (Å²) < 4.78 is 28.0. The number of aliphatic hydroxyl groups is 1. The Kier molecular flexibility index (Phi) is 3.39. The topological polar surface area (TPSA) is 33.1 Å². The first-order valence-corrected chi connectivity index (χ1v) is 6.55. The van der Waals surface area contributed by atoms with E-state index in [1.807, 2.05) is 6.07 Å². The van der Waals surface area contributed by atoms with Gasteiger partial charge in [0.1, 0.15) is 17.7 Å². The molecule has 1 aromatic heterocycles. The van der Waals surface area contributed by atoms with Gasteiger partial charge < -0.3 is 5.11 Å². The third kappa shape index (κ3) is 2.38. The summed E-state index contributed by atoms with van der Waals surface area (Å²) in [5, 5.41) is 11.1. The van der Waals surface area contributed by atoms with Crippen molar-refractivity contribution in [1.29, 1.82) is 0 Å². The Hall–Kier alpha value is -2.33. The number of hydrogen-bond acceptors (Lipinski definition) is 2. The lowest BCUT2D eigenvalue weighted by molar-refractivity contribution is 0.209. The molecule has 4 heteroatoms. The third-order valence-electron chi connectivity index (χ3n) is 3.54. The fourth-order valence-electron chi connectivity index (χ4n) is 2.36. The molecule has 21 heavy (non-hydrogen) atoms. The van der Waals surface area contributed by atoms with Gasteiger partial charge in [0.2, 0.25) is 0 Å². The maximum absolute atomic E-state index is 14.1. The van der Waals surface area contributed by atoms with Crippen molar-refractivity contribution in [3.05, 3.63) is 77.0 Å². The van der Waals surface area contributed by atoms with Gasteiger partial charge >= 0.3 is 0 Å². The van der Waals surface area contributed by atoms with E-state index in [-0.39, 0.29) is 5.56 Å². The number of rotatable bonds is 2. The van der Waals surface area contributed by atoms with Crippen LogP contribution in [0.5, 0.6) is 0 Å². The van der Waals surface area contributed by atoms with Crippen molar-refractivity contribution >= 4 is 10.9 Å². The molecule has 0 amide bonds. The van der Waals surface area contributed by atoms with E-state index >= 15 is 0 Å². The zero-order chi connectivity index (χ0) is 15.0. The highest BCUT2D eigenvalue weighted by Gasteiger charge is 2.21. The predicted octanol–water partition coefficient (Wildman–Crippen LogP) is 3.90. The Morgan fingerprint density at radius 1 is 1.10 bits per heavy atom. The van der Waals surface area contributed by atoms with E-state index in [0.29, 0.717) is 11.1 Å². The number of benzene rings is 2. The zero-order valence-corrected chi connectivity index (χ0v) is 11.3. The number of nitrogens with zero attached hydrogens (tertiary/aromatic N) is 1. The number of aryl methyl sites for hydroxylation is 1. The molecule has 106 valence electrons. The first kappa shape index (κ1) is 13.6. The normalized spacial score (nSPS) is 12.6. The molecule has 1 heterocycles. The van der Waals surface area contributed by atoms with Crippen LogP contribution in [-0.2, 0) is 0 Å². The minimum Gasteiger partial charge on any atom is -0.383 e. The number of hydrogen-bond donors (Lipinski definition) is 1. The highest BCUT2D eigenvalue weighted by molar-refractivity contribution is 5.79. The van der Waals surface area contributed by atoms with Gasteiger partial charge in [-0.05, 0) is 42.3 Å². The first-order chi connectivity index (χ1) is 10.1. The minimum atomic E-state index is -1.35. The molecule has 3 rings (SSSR count). The summed E-state index contributed by atoms with van der Waals surface area (Å²) >= 11 is 0. The minimum absolute atomic E-state index is 0.299. The van der Waals surface area contributed by atoms with E-state index < -0.39 is 17.7 Å². The number of aromatic nitrogens is 1. The SMILES string of the molecule is Cc1ccc(F)c(C(O)c2ccc3ncccc3c2)c1F. The highest BCUT2D eigenvalue weighted by Crippen LogP contribution is 2.29. The van der Waals surface area contributed by atoms with Crippen molar-refractivity contribution in [2.24, 2.45) is 0 Å². The summed E-state index contributed by atoms with van der Waals surface area (Å²) in [6, 6.07) is 11.2. The van der Waals surface area contributed by atoms with Gasteiger partial charge in [-0.15, -0.1) is 0 Å². The third-order valence-corrected chi connectivity index (χ3v) is 3.54. The average molecular weight is 285 g/mol. The van der Waals surface area contributed by atoms with Gasteiger partial charge in [-0.25, -0.2) is 8.78 Å². The molecule has 0 aliphatic rings. The lowest BCUT2D eigenvalue weighted by Crippen LogP contribution is -2.07. The molecule has 0 aliphatic carbocycles. The van der Waals surface area contributed by atoms with Gasteiger partial charge in [-0.3, -0.25) is 4.98 Å². The van der Waals surface area contributed by atoms with Gasteiger partial charge in [0.05, 0.1) is 11.1 Å². The van der Waals surface area contributed by atoms with Crippen LogP contribution in [0.4, 0.5) is 8.78 Å². The molecule has 0 fully saturated rings. The molecule has 0 aliphatic heterocycles. The van der Waals surface area contributed by atoms with E-state index in [2.05, 4.69) is 4.98 Å². The lowest BCUT2D eigenvalue weighted by atomic mass is 9.97. The summed E-state index contributed by atoms with van der Waals surface area (Å²) in [6.45, 7) is 1.54. The second-order valence-corrected chi connectivity index (χ2v) is 4.95. The Bertz CT molecular complexity index is 817. The Morgan fingerprint density at radius 3 is 2.71 bits per heavy atom. The molecule has 1 N–H and O–H groups in total. The molecule has 0 saturated heterocycles. The summed E-state index contributed by atoms with van der Waals surface area (Å²) in [4.78, 5) is 4.17. The van der Waals surface area contributed by atoms with Crippen LogP contribution in [0.1, 0.15) is 22.8 Å². The Labute approximate surface area is 120 Å². The van der Waals surface area contributed by atoms with Crippen LogP contribution in [0.15, 0.2) is 48.7 Å². The molecule has 2 nitrogen and oxygen atoms in total. The molecular weight excluding hydrogens is 272 g/mol. The molecular formula is C17H13F2NO. The monoisotopic (exact) mass is 285 g/mol. The maximum Gasteiger partial charge on any atom is 0.135 e. The molecule has 3 aromatic rings. The average Bonchev–Trinajstić information content (AvgIpc) is 2.51. The van der Waals surface area contributed by atoms with E-state index in [4.69, 9.17) is 0 Å². The van der Waals surface area contributed by atoms with Crippen molar-refractivity contribution in [3.63, 3.8) is 0 Å². The molecule has 0 spiro atoms. The van der Waals surface area contributed by atoms with Crippen LogP contribution in [0, 0.1) is 18.6 Å². The van der Waals surface area contributed by atoms with Crippen LogP contribution < -0.4 is 0 Å². The van der Waals surface area contributed by atoms with Crippen LogP contribution in [0.3, 0.4) is 0 Å². The zero-order valence-electron chi connectivity index (χ0n) is 11.3. The molecule has 0 bridgehead atoms. The van der Waals surface area contributed by atoms with E-state index in [1.54, 1.807) is 30.5 Å². The largest absolute Gasteiger partial charge is 0.383 e. The van der Waals surface area contributed by atoms with Gasteiger partial charge in [-0.2, -0.15) is 0 Å². The number of aliphatic hydroxyl groups excluding tert-OH is 1. The first-order valence-electron chi connectivity index (χ1n) is 6.55. The fraction of sp³-hybridized carbons (Fsp3) is 0.118. The van der Waals surface area contributed by atoms with E-state index in [1.165, 1.54) is 19.1 Å². The Morgan fingerprint density at radius 2 is 1.90 bits per heavy atom. The highest BCUT2D eigenvalue weighted by atomic mass is 19.1. The van der Waals surface area contributed by atoms with Crippen LogP contribution >= 0.6 is 0 Å². The van der Waals surface area contributed by atoms with Gasteiger partial charge in [0.25, 0.3) is 0 Å². The van der Waals surface area contributed by atoms with Crippen LogP contribution in [-0.4, -0.2) is 10.1 Å². The van der Waals surface area contributed by atoms with Gasteiger partial charge in [0.15, 0.2) is 0 Å². The predicted molar refractivity (Wildman–Crippen MR) is 76.9 cm³/mol. The second kappa shape index (κ2) is 5.22. The van der Waals surface area contributed by atoms with Crippen molar-refractivity contribution in [1.82, 2.24) is 4.98 Å². The maximum atomic E-state index is 14.1. The molecule has 0 radical (unpaired) electrons. The Balaban J connectivity index is 2.12. The summed E-state index contributed by atoms with van der Waals surface area (Å²) in [5.41, 5.74) is 1.17. The van der Waals surface area contributed by atoms with Crippen molar-refractivity contribution < 1.29 is 13.9 Å². The fourth-order valence-corrected chi connectivity index (χ4v) is 2.36. The van der Waals surface area contributed by atoms with E-state index in [9.17, 15) is 13.9 Å². The second-order valence-electron chi connectivity index (χ2n) is 4.95. The number of fused-ring (bicyclic) bond motifs is 1. The van der Waals surface area contributed by atoms with Crippen molar-refractivity contribution in [3.8, 4) is 0 Å². The number of pyridine rings is 1. The van der Waals surface area contributed by atoms with E-state index in [0.717, 1.165) is 10.9 Å². The summed E-state index contributed by atoms with van der Waals surface area (Å²) in [7, 11) is 0. The number of halogens is 2. The van der Waals surface area contributed by atoms with Gasteiger partial charge in [-0.1, -0.05) is 18.2 Å². The summed E-state index contributed by atoms with van der Waals surface area (Å²) in [6.07, 6.45) is 0.313. The molecule has 1 atom stereocenters. The molecule has 1 unspecified atom stereocenters. The lowest BCUT2D eigenvalue weighted by Gasteiger charge is -2.15. The molecule has 0 saturated carbocycles. The van der Waals surface area contributed by atoms with Crippen molar-refractivity contribution in [2.45, 2.75) is 13.0 Å². The molecule has 2 aromatic carbocycles. The standard InChI is InChI=1S/C17H13F2NO/c1-10-4-6-13(18)15(16(10)19)17(21)12-5-7-14-11(9-12)3-2-8-20-14/h2-9,17,21H,1H3.